The van der Waals surface area contributed by atoms with Gasteiger partial charge in [-0.1, -0.05) is 12.1 Å². The summed E-state index contributed by atoms with van der Waals surface area (Å²) in [6.45, 7) is 0.248. The van der Waals surface area contributed by atoms with Crippen molar-refractivity contribution in [3.63, 3.8) is 0 Å². The van der Waals surface area contributed by atoms with Crippen LogP contribution in [0.5, 0.6) is 0 Å². The minimum atomic E-state index is -4.37. The van der Waals surface area contributed by atoms with Crippen molar-refractivity contribution in [2.75, 3.05) is 6.54 Å². The summed E-state index contributed by atoms with van der Waals surface area (Å²) in [5, 5.41) is 0. The number of piperidine rings is 1. The van der Waals surface area contributed by atoms with Gasteiger partial charge in [-0.25, -0.2) is 0 Å². The molecule has 1 fully saturated rings. The number of imide groups is 1. The van der Waals surface area contributed by atoms with Crippen LogP contribution in [0.25, 0.3) is 11.3 Å². The molecular weight excluding hydrogens is 335 g/mol. The van der Waals surface area contributed by atoms with E-state index in [4.69, 9.17) is 4.42 Å². The van der Waals surface area contributed by atoms with Crippen molar-refractivity contribution in [1.82, 2.24) is 4.90 Å². The van der Waals surface area contributed by atoms with E-state index in [0.717, 1.165) is 12.1 Å². The zero-order valence-corrected chi connectivity index (χ0v) is 13.3. The van der Waals surface area contributed by atoms with Gasteiger partial charge in [0.05, 0.1) is 5.56 Å². The number of furan rings is 1. The van der Waals surface area contributed by atoms with E-state index in [1.165, 1.54) is 17.0 Å². The molecule has 1 aromatic heterocycles. The molecule has 0 unspecified atom stereocenters. The van der Waals surface area contributed by atoms with Crippen LogP contribution in [0.3, 0.4) is 0 Å². The van der Waals surface area contributed by atoms with Gasteiger partial charge in [0.1, 0.15) is 11.5 Å². The van der Waals surface area contributed by atoms with Crippen LogP contribution in [0.2, 0.25) is 0 Å². The predicted octanol–water partition coefficient (Wildman–Crippen LogP) is 4.05. The number of benzene rings is 1. The second-order valence-corrected chi connectivity index (χ2v) is 5.88. The summed E-state index contributed by atoms with van der Waals surface area (Å²) in [6, 6.07) is 8.07. The minimum absolute atomic E-state index is 0.175. The van der Waals surface area contributed by atoms with Crippen LogP contribution in [0.15, 0.2) is 40.8 Å². The van der Waals surface area contributed by atoms with Gasteiger partial charge in [-0.05, 0) is 30.7 Å². The number of carbonyl (C=O) groups is 2. The zero-order valence-electron chi connectivity index (χ0n) is 13.3. The summed E-state index contributed by atoms with van der Waals surface area (Å²) in [5.74, 6) is 0.664. The highest BCUT2D eigenvalue weighted by Gasteiger charge is 2.30. The number of halogens is 3. The van der Waals surface area contributed by atoms with Gasteiger partial charge < -0.3 is 4.42 Å². The van der Waals surface area contributed by atoms with Crippen molar-refractivity contribution in [2.45, 2.75) is 31.9 Å². The van der Waals surface area contributed by atoms with Crippen molar-refractivity contribution < 1.29 is 27.2 Å². The maximum atomic E-state index is 12.6. The molecule has 1 saturated heterocycles. The van der Waals surface area contributed by atoms with Crippen molar-refractivity contribution >= 4 is 11.8 Å². The standard InChI is InChI=1S/C18H16F3NO3/c19-18(20,21)13-6-4-12(5-7-13)15-9-8-14(25-15)10-11-22-16(23)2-1-3-17(22)24/h4-9H,1-3,10-11H2. The van der Waals surface area contributed by atoms with E-state index in [9.17, 15) is 22.8 Å². The number of alkyl halides is 3. The van der Waals surface area contributed by atoms with Crippen molar-refractivity contribution in [2.24, 2.45) is 0 Å². The Morgan fingerprint density at radius 2 is 1.60 bits per heavy atom. The Balaban J connectivity index is 1.66. The lowest BCUT2D eigenvalue weighted by Crippen LogP contribution is -2.41. The summed E-state index contributed by atoms with van der Waals surface area (Å²) in [7, 11) is 0. The van der Waals surface area contributed by atoms with Crippen molar-refractivity contribution in [1.29, 1.82) is 0 Å². The average Bonchev–Trinajstić information content (AvgIpc) is 3.03. The van der Waals surface area contributed by atoms with Crippen LogP contribution >= 0.6 is 0 Å². The lowest BCUT2D eigenvalue weighted by Gasteiger charge is -2.24. The number of hydrogen-bond donors (Lipinski definition) is 0. The molecule has 25 heavy (non-hydrogen) atoms. The van der Waals surface area contributed by atoms with Gasteiger partial charge in [-0.15, -0.1) is 0 Å². The molecule has 3 rings (SSSR count). The molecule has 0 bridgehead atoms. The molecular formula is C18H16F3NO3. The number of rotatable bonds is 4. The van der Waals surface area contributed by atoms with Gasteiger partial charge in [0.15, 0.2) is 0 Å². The molecule has 0 radical (unpaired) electrons. The molecule has 4 nitrogen and oxygen atoms in total. The summed E-state index contributed by atoms with van der Waals surface area (Å²) >= 11 is 0. The van der Waals surface area contributed by atoms with Crippen LogP contribution < -0.4 is 0 Å². The topological polar surface area (TPSA) is 50.5 Å². The summed E-state index contributed by atoms with van der Waals surface area (Å²) in [5.41, 5.74) is -0.186. The predicted molar refractivity (Wildman–Crippen MR) is 83.4 cm³/mol. The maximum absolute atomic E-state index is 12.6. The highest BCUT2D eigenvalue weighted by Crippen LogP contribution is 2.31. The molecule has 0 atom stereocenters. The van der Waals surface area contributed by atoms with Crippen LogP contribution in [0.4, 0.5) is 13.2 Å². The lowest BCUT2D eigenvalue weighted by molar-refractivity contribution is -0.148. The first-order chi connectivity index (χ1) is 11.8. The van der Waals surface area contributed by atoms with Gasteiger partial charge in [-0.2, -0.15) is 13.2 Å². The second-order valence-electron chi connectivity index (χ2n) is 5.88. The largest absolute Gasteiger partial charge is 0.461 e. The fraction of sp³-hybridized carbons (Fsp3) is 0.333. The van der Waals surface area contributed by atoms with E-state index in [2.05, 4.69) is 0 Å². The Hall–Kier alpha value is -2.57. The lowest BCUT2D eigenvalue weighted by atomic mass is 10.1. The smallest absolute Gasteiger partial charge is 0.416 e. The third kappa shape index (κ3) is 3.92. The first-order valence-corrected chi connectivity index (χ1v) is 7.94. The van der Waals surface area contributed by atoms with Gasteiger partial charge >= 0.3 is 6.18 Å². The highest BCUT2D eigenvalue weighted by molar-refractivity contribution is 5.97. The SMILES string of the molecule is O=C1CCCC(=O)N1CCc1ccc(-c2ccc(C(F)(F)F)cc2)o1. The van der Waals surface area contributed by atoms with Crippen LogP contribution in [0.1, 0.15) is 30.6 Å². The van der Waals surface area contributed by atoms with Crippen molar-refractivity contribution in [3.8, 4) is 11.3 Å². The van der Waals surface area contributed by atoms with E-state index in [1.807, 2.05) is 0 Å². The van der Waals surface area contributed by atoms with Gasteiger partial charge in [0.2, 0.25) is 11.8 Å². The van der Waals surface area contributed by atoms with Crippen molar-refractivity contribution in [3.05, 3.63) is 47.7 Å². The summed E-state index contributed by atoms with van der Waals surface area (Å²) in [6.07, 6.45) is -2.66. The fourth-order valence-electron chi connectivity index (χ4n) is 2.76. The Kier molecular flexibility index (Phi) is 4.65. The third-order valence-corrected chi connectivity index (χ3v) is 4.12. The number of carbonyl (C=O) groups excluding carboxylic acids is 2. The molecule has 132 valence electrons. The quantitative estimate of drug-likeness (QED) is 0.781. The van der Waals surface area contributed by atoms with E-state index >= 15 is 0 Å². The van der Waals surface area contributed by atoms with Gasteiger partial charge in [0, 0.05) is 31.4 Å². The molecule has 7 heteroatoms. The number of likely N-dealkylation sites (tertiary alicyclic amines) is 1. The summed E-state index contributed by atoms with van der Waals surface area (Å²) in [4.78, 5) is 24.7. The monoisotopic (exact) mass is 351 g/mol. The van der Waals surface area contributed by atoms with E-state index in [-0.39, 0.29) is 18.4 Å². The Bertz CT molecular complexity index is 762. The molecule has 0 N–H and O–H groups in total. The fourth-order valence-corrected chi connectivity index (χ4v) is 2.76. The average molecular weight is 351 g/mol. The van der Waals surface area contributed by atoms with Crippen LogP contribution in [0, 0.1) is 0 Å². The molecule has 2 amide bonds. The maximum Gasteiger partial charge on any atom is 0.416 e. The van der Waals surface area contributed by atoms with E-state index in [1.54, 1.807) is 12.1 Å². The Morgan fingerprint density at radius 1 is 0.960 bits per heavy atom. The molecule has 1 aliphatic rings. The molecule has 0 spiro atoms. The molecule has 1 aliphatic heterocycles. The van der Waals surface area contributed by atoms with Crippen LogP contribution in [-0.4, -0.2) is 23.3 Å². The molecule has 0 aliphatic carbocycles. The Morgan fingerprint density at radius 3 is 2.20 bits per heavy atom. The van der Waals surface area contributed by atoms with E-state index in [0.29, 0.717) is 42.8 Å². The van der Waals surface area contributed by atoms with Gasteiger partial charge in [-0.3, -0.25) is 14.5 Å². The number of hydrogen-bond acceptors (Lipinski definition) is 3. The molecule has 1 aromatic carbocycles. The normalized spacial score (nSPS) is 15.7. The number of nitrogens with zero attached hydrogens (tertiary/aromatic N) is 1. The number of amides is 2. The minimum Gasteiger partial charge on any atom is -0.461 e. The first-order valence-electron chi connectivity index (χ1n) is 7.94. The zero-order chi connectivity index (χ0) is 18.0. The molecule has 2 heterocycles. The second kappa shape index (κ2) is 6.74. The van der Waals surface area contributed by atoms with E-state index < -0.39 is 11.7 Å². The summed E-state index contributed by atoms with van der Waals surface area (Å²) < 4.78 is 43.4. The highest BCUT2D eigenvalue weighted by atomic mass is 19.4. The van der Waals surface area contributed by atoms with Crippen LogP contribution in [-0.2, 0) is 22.2 Å². The molecule has 0 saturated carbocycles. The molecule has 2 aromatic rings. The van der Waals surface area contributed by atoms with Gasteiger partial charge in [0.25, 0.3) is 0 Å². The Labute approximate surface area is 142 Å². The first kappa shape index (κ1) is 17.3. The third-order valence-electron chi connectivity index (χ3n) is 4.12.